The summed E-state index contributed by atoms with van der Waals surface area (Å²) in [5.41, 5.74) is 4.15. The molecule has 6 atom stereocenters. The number of nitrogens with one attached hydrogen (secondary N) is 1. The Morgan fingerprint density at radius 1 is 1.19 bits per heavy atom. The third-order valence-electron chi connectivity index (χ3n) is 9.99. The number of rotatable bonds is 2. The van der Waals surface area contributed by atoms with Crippen molar-refractivity contribution in [1.29, 1.82) is 0 Å². The average molecular weight is 609 g/mol. The smallest absolute Gasteiger partial charge is 0.261 e. The lowest BCUT2D eigenvalue weighted by Gasteiger charge is -2.45. The number of hydrogen-bond acceptors (Lipinski definition) is 5. The van der Waals surface area contributed by atoms with Crippen LogP contribution < -0.4 is 14.4 Å². The normalized spacial score (nSPS) is 32.2. The number of fused-ring (bicyclic) bond motifs is 4. The largest absolute Gasteiger partial charge is 0.490 e. The first-order valence-electron chi connectivity index (χ1n) is 15.8. The minimum atomic E-state index is -0.435. The Bertz CT molecular complexity index is 1330. The van der Waals surface area contributed by atoms with Crippen molar-refractivity contribution in [2.45, 2.75) is 82.5 Å². The molecule has 42 heavy (non-hydrogen) atoms. The number of allylic oxidation sites excluding steroid dienone is 1. The Kier molecular flexibility index (Phi) is 8.87. The third-order valence-corrected chi connectivity index (χ3v) is 11.2. The maximum absolute atomic E-state index is 13.5. The van der Waals surface area contributed by atoms with Crippen LogP contribution in [0.2, 0.25) is 5.02 Å². The molecule has 0 radical (unpaired) electrons. The van der Waals surface area contributed by atoms with Crippen molar-refractivity contribution in [3.05, 3.63) is 70.3 Å². The Labute approximate surface area is 260 Å². The Hall–Kier alpha value is -2.15. The first-order valence-corrected chi connectivity index (χ1v) is 17.1. The first kappa shape index (κ1) is 29.9. The van der Waals surface area contributed by atoms with E-state index in [9.17, 15) is 9.90 Å². The molecule has 2 aliphatic heterocycles. The number of halogens is 1. The fourth-order valence-electron chi connectivity index (χ4n) is 7.66. The molecule has 1 fully saturated rings. The standard InChI is InChI=1S/C35H45ClN2O3S/c1-22(2)15-28-16-23(3)6-12-32(39)29-10-7-26(29)19-38-20-35(14-4-5-24-17-27(36)9-11-30(24)35)21-41-33-13-8-25(18-31(33)38)34(40)37-42-28/h6,8-9,11-13,17-18,22-23,26,28-29,32,39H,4-5,7,10,14-16,19-21H2,1-3H3,(H,37,40)/b12-6-/t23-,26-,28-,29+,32-,35-/m0/s1. The van der Waals surface area contributed by atoms with E-state index in [-0.39, 0.29) is 17.2 Å². The van der Waals surface area contributed by atoms with Crippen LogP contribution in [0.4, 0.5) is 5.69 Å². The van der Waals surface area contributed by atoms with Crippen LogP contribution in [0.5, 0.6) is 5.75 Å². The second-order valence-electron chi connectivity index (χ2n) is 13.7. The van der Waals surface area contributed by atoms with Crippen LogP contribution in [0, 0.1) is 23.7 Å². The molecule has 2 aliphatic carbocycles. The topological polar surface area (TPSA) is 61.8 Å². The number of aryl methyl sites for hydroxylation is 1. The molecule has 0 aromatic heterocycles. The minimum Gasteiger partial charge on any atom is -0.490 e. The first-order chi connectivity index (χ1) is 20.2. The van der Waals surface area contributed by atoms with Gasteiger partial charge < -0.3 is 14.7 Å². The monoisotopic (exact) mass is 608 g/mol. The summed E-state index contributed by atoms with van der Waals surface area (Å²) in [5, 5.41) is 12.4. The molecule has 0 saturated heterocycles. The summed E-state index contributed by atoms with van der Waals surface area (Å²) in [5.74, 6) is 2.27. The van der Waals surface area contributed by atoms with Gasteiger partial charge in [0.2, 0.25) is 0 Å². The highest BCUT2D eigenvalue weighted by atomic mass is 35.5. The van der Waals surface area contributed by atoms with E-state index < -0.39 is 6.10 Å². The number of amides is 1. The van der Waals surface area contributed by atoms with Gasteiger partial charge in [-0.05, 0) is 122 Å². The fourth-order valence-corrected chi connectivity index (χ4v) is 9.13. The number of ether oxygens (including phenoxy) is 1. The van der Waals surface area contributed by atoms with Crippen molar-refractivity contribution in [3.8, 4) is 5.75 Å². The maximum atomic E-state index is 13.5. The third kappa shape index (κ3) is 6.23. The summed E-state index contributed by atoms with van der Waals surface area (Å²) in [6.07, 6.45) is 11.1. The van der Waals surface area contributed by atoms with Crippen molar-refractivity contribution in [2.75, 3.05) is 24.6 Å². The molecule has 2 aromatic carbocycles. The zero-order valence-corrected chi connectivity index (χ0v) is 26.7. The maximum Gasteiger partial charge on any atom is 0.261 e. The molecular formula is C35H45ClN2O3S. The van der Waals surface area contributed by atoms with Crippen LogP contribution in [-0.2, 0) is 11.8 Å². The highest BCUT2D eigenvalue weighted by Crippen LogP contribution is 2.47. The molecule has 5 nitrogen and oxygen atoms in total. The predicted molar refractivity (Wildman–Crippen MR) is 174 cm³/mol. The van der Waals surface area contributed by atoms with Crippen LogP contribution in [-0.4, -0.2) is 42.1 Å². The molecule has 226 valence electrons. The van der Waals surface area contributed by atoms with E-state index in [0.717, 1.165) is 74.5 Å². The van der Waals surface area contributed by atoms with Gasteiger partial charge in [0.1, 0.15) is 5.75 Å². The van der Waals surface area contributed by atoms with Gasteiger partial charge in [0.25, 0.3) is 5.91 Å². The van der Waals surface area contributed by atoms with Gasteiger partial charge in [-0.25, -0.2) is 0 Å². The molecular weight excluding hydrogens is 564 g/mol. The number of anilines is 1. The molecule has 2 heterocycles. The van der Waals surface area contributed by atoms with Gasteiger partial charge in [0.15, 0.2) is 0 Å². The van der Waals surface area contributed by atoms with Gasteiger partial charge >= 0.3 is 0 Å². The van der Waals surface area contributed by atoms with Crippen LogP contribution >= 0.6 is 23.5 Å². The van der Waals surface area contributed by atoms with Crippen LogP contribution in [0.15, 0.2) is 48.6 Å². The summed E-state index contributed by atoms with van der Waals surface area (Å²) in [6, 6.07) is 12.3. The summed E-state index contributed by atoms with van der Waals surface area (Å²) < 4.78 is 9.81. The Morgan fingerprint density at radius 3 is 2.83 bits per heavy atom. The van der Waals surface area contributed by atoms with E-state index in [1.165, 1.54) is 11.1 Å². The Balaban J connectivity index is 1.37. The zero-order chi connectivity index (χ0) is 29.4. The molecule has 7 heteroatoms. The molecule has 1 spiro atoms. The molecule has 1 amide bonds. The van der Waals surface area contributed by atoms with Gasteiger partial charge in [-0.3, -0.25) is 9.52 Å². The number of carbonyl (C=O) groups is 1. The van der Waals surface area contributed by atoms with Crippen molar-refractivity contribution < 1.29 is 14.6 Å². The lowest BCUT2D eigenvalue weighted by Crippen LogP contribution is -2.49. The lowest BCUT2D eigenvalue weighted by atomic mass is 9.68. The zero-order valence-electron chi connectivity index (χ0n) is 25.2. The minimum absolute atomic E-state index is 0.0552. The average Bonchev–Trinajstić information content (AvgIpc) is 3.09. The van der Waals surface area contributed by atoms with E-state index in [4.69, 9.17) is 16.3 Å². The Morgan fingerprint density at radius 2 is 2.05 bits per heavy atom. The fraction of sp³-hybridized carbons (Fsp3) is 0.571. The quantitative estimate of drug-likeness (QED) is 0.272. The van der Waals surface area contributed by atoms with E-state index in [1.807, 2.05) is 30.3 Å². The van der Waals surface area contributed by atoms with E-state index in [2.05, 4.69) is 48.6 Å². The summed E-state index contributed by atoms with van der Waals surface area (Å²) in [6.45, 7) is 8.93. The number of aliphatic hydroxyl groups excluding tert-OH is 1. The van der Waals surface area contributed by atoms with Crippen molar-refractivity contribution in [2.24, 2.45) is 23.7 Å². The lowest BCUT2D eigenvalue weighted by molar-refractivity contribution is 0.0454. The molecule has 0 unspecified atom stereocenters. The number of hydrogen-bond donors (Lipinski definition) is 2. The molecule has 1 saturated carbocycles. The SMILES string of the molecule is CC(C)C[C@H]1C[C@@H](C)/C=C\[C@H](O)[C@@H]2CC[C@H]2CN2C[C@@]3(CCCc4cc(Cl)ccc43)COc3ccc(cc32)C(=O)NS1. The highest BCUT2D eigenvalue weighted by molar-refractivity contribution is 7.98. The van der Waals surface area contributed by atoms with E-state index in [1.54, 1.807) is 11.9 Å². The second-order valence-corrected chi connectivity index (χ2v) is 15.2. The number of aliphatic hydroxyl groups is 1. The molecule has 2 aromatic rings. The number of carbonyl (C=O) groups excluding carboxylic acids is 1. The highest BCUT2D eigenvalue weighted by Gasteiger charge is 2.44. The van der Waals surface area contributed by atoms with Crippen LogP contribution in [0.3, 0.4) is 0 Å². The second kappa shape index (κ2) is 12.5. The summed E-state index contributed by atoms with van der Waals surface area (Å²) in [4.78, 5) is 16.0. The van der Waals surface area contributed by atoms with Gasteiger partial charge in [-0.1, -0.05) is 50.6 Å². The number of benzene rings is 2. The molecule has 4 aliphatic rings. The van der Waals surface area contributed by atoms with E-state index >= 15 is 0 Å². The molecule has 6 rings (SSSR count). The van der Waals surface area contributed by atoms with E-state index in [0.29, 0.717) is 35.2 Å². The van der Waals surface area contributed by atoms with Gasteiger partial charge in [-0.15, -0.1) is 0 Å². The summed E-state index contributed by atoms with van der Waals surface area (Å²) in [7, 11) is 0. The molecule has 2 N–H and O–H groups in total. The number of nitrogens with zero attached hydrogens (tertiary/aromatic N) is 1. The van der Waals surface area contributed by atoms with Gasteiger partial charge in [-0.2, -0.15) is 0 Å². The van der Waals surface area contributed by atoms with Crippen LogP contribution in [0.1, 0.15) is 80.8 Å². The van der Waals surface area contributed by atoms with Gasteiger partial charge in [0, 0.05) is 34.3 Å². The van der Waals surface area contributed by atoms with Gasteiger partial charge in [0.05, 0.1) is 18.4 Å². The molecule has 2 bridgehead atoms. The predicted octanol–water partition coefficient (Wildman–Crippen LogP) is 7.59. The van der Waals surface area contributed by atoms with Crippen molar-refractivity contribution in [1.82, 2.24) is 4.72 Å². The summed E-state index contributed by atoms with van der Waals surface area (Å²) >= 11 is 7.97. The van der Waals surface area contributed by atoms with Crippen molar-refractivity contribution in [3.63, 3.8) is 0 Å². The van der Waals surface area contributed by atoms with Crippen molar-refractivity contribution >= 4 is 35.1 Å². The van der Waals surface area contributed by atoms with Crippen LogP contribution in [0.25, 0.3) is 0 Å².